The van der Waals surface area contributed by atoms with E-state index in [4.69, 9.17) is 0 Å². The first-order valence-corrected chi connectivity index (χ1v) is 9.45. The number of benzene rings is 1. The van der Waals surface area contributed by atoms with Crippen molar-refractivity contribution >= 4 is 6.29 Å². The number of hydrogen-bond acceptors (Lipinski definition) is 3. The molecular weight excluding hydrogens is 377 g/mol. The standard InChI is InChI=1S/C23H29F3N2O/c1-7-28(20(8-9-29)10-16(4)15(2)3)14-17(5)18(6)27-13-21-22(25)11-19(24)12-23(21)26/h8-12,14-15,27H,6-7,13H2,1-5H3/b16-10+,17-14+,20-8-. The van der Waals surface area contributed by atoms with Crippen LogP contribution in [0.1, 0.15) is 40.2 Å². The first-order valence-electron chi connectivity index (χ1n) is 9.45. The van der Waals surface area contributed by atoms with Crippen LogP contribution in [-0.4, -0.2) is 17.7 Å². The zero-order chi connectivity index (χ0) is 22.1. The van der Waals surface area contributed by atoms with Crippen molar-refractivity contribution in [2.45, 2.75) is 41.2 Å². The van der Waals surface area contributed by atoms with E-state index in [0.717, 1.165) is 23.1 Å². The lowest BCUT2D eigenvalue weighted by atomic mass is 10.0. The zero-order valence-corrected chi connectivity index (χ0v) is 17.7. The molecular formula is C23H29F3N2O. The molecule has 158 valence electrons. The molecule has 0 aromatic heterocycles. The molecule has 0 aliphatic rings. The van der Waals surface area contributed by atoms with Crippen LogP contribution in [0.25, 0.3) is 0 Å². The highest BCUT2D eigenvalue weighted by Gasteiger charge is 2.12. The molecule has 0 unspecified atom stereocenters. The predicted molar refractivity (Wildman–Crippen MR) is 111 cm³/mol. The van der Waals surface area contributed by atoms with Crippen molar-refractivity contribution in [2.75, 3.05) is 6.54 Å². The van der Waals surface area contributed by atoms with Crippen molar-refractivity contribution in [3.05, 3.63) is 82.6 Å². The maximum absolute atomic E-state index is 13.8. The Morgan fingerprint density at radius 3 is 2.28 bits per heavy atom. The van der Waals surface area contributed by atoms with Gasteiger partial charge in [-0.3, -0.25) is 4.79 Å². The molecule has 0 atom stereocenters. The van der Waals surface area contributed by atoms with Gasteiger partial charge in [0.05, 0.1) is 0 Å². The minimum Gasteiger partial charge on any atom is -0.381 e. The Kier molecular flexibility index (Phi) is 9.45. The molecule has 0 aliphatic carbocycles. The number of rotatable bonds is 10. The second-order valence-corrected chi connectivity index (χ2v) is 7.05. The lowest BCUT2D eigenvalue weighted by molar-refractivity contribution is -0.104. The van der Waals surface area contributed by atoms with E-state index >= 15 is 0 Å². The fourth-order valence-electron chi connectivity index (χ4n) is 2.43. The van der Waals surface area contributed by atoms with E-state index in [1.807, 2.05) is 31.0 Å². The van der Waals surface area contributed by atoms with Gasteiger partial charge in [0.25, 0.3) is 0 Å². The quantitative estimate of drug-likeness (QED) is 0.311. The number of likely N-dealkylation sites (N-methyl/N-ethyl adjacent to an activating group) is 1. The average molecular weight is 406 g/mol. The minimum atomic E-state index is -0.962. The summed E-state index contributed by atoms with van der Waals surface area (Å²) in [6, 6.07) is 1.29. The van der Waals surface area contributed by atoms with Gasteiger partial charge in [0.15, 0.2) is 0 Å². The lowest BCUT2D eigenvalue weighted by Crippen LogP contribution is -2.19. The third kappa shape index (κ3) is 7.29. The van der Waals surface area contributed by atoms with E-state index in [9.17, 15) is 18.0 Å². The molecule has 0 spiro atoms. The van der Waals surface area contributed by atoms with E-state index < -0.39 is 17.5 Å². The van der Waals surface area contributed by atoms with Crippen LogP contribution in [0.5, 0.6) is 0 Å². The van der Waals surface area contributed by atoms with Gasteiger partial charge < -0.3 is 10.2 Å². The molecule has 0 aliphatic heterocycles. The lowest BCUT2D eigenvalue weighted by Gasteiger charge is -2.23. The van der Waals surface area contributed by atoms with Gasteiger partial charge in [0.1, 0.15) is 23.7 Å². The summed E-state index contributed by atoms with van der Waals surface area (Å²) in [5, 5.41) is 2.86. The second kappa shape index (κ2) is 11.3. The van der Waals surface area contributed by atoms with E-state index in [1.165, 1.54) is 6.08 Å². The Morgan fingerprint density at radius 2 is 1.79 bits per heavy atom. The maximum atomic E-state index is 13.8. The minimum absolute atomic E-state index is 0.169. The number of halogens is 3. The summed E-state index contributed by atoms with van der Waals surface area (Å²) >= 11 is 0. The largest absolute Gasteiger partial charge is 0.381 e. The van der Waals surface area contributed by atoms with Crippen LogP contribution < -0.4 is 5.32 Å². The van der Waals surface area contributed by atoms with Crippen molar-refractivity contribution < 1.29 is 18.0 Å². The van der Waals surface area contributed by atoms with Gasteiger partial charge in [-0.1, -0.05) is 26.0 Å². The molecule has 3 nitrogen and oxygen atoms in total. The first-order chi connectivity index (χ1) is 13.6. The number of allylic oxidation sites excluding steroid dienone is 4. The molecule has 1 N–H and O–H groups in total. The molecule has 0 amide bonds. The number of carbonyl (C=O) groups excluding carboxylic acids is 1. The van der Waals surface area contributed by atoms with Gasteiger partial charge in [-0.2, -0.15) is 0 Å². The summed E-state index contributed by atoms with van der Waals surface area (Å²) in [4.78, 5) is 13.0. The van der Waals surface area contributed by atoms with Gasteiger partial charge in [0.2, 0.25) is 0 Å². The van der Waals surface area contributed by atoms with E-state index in [0.29, 0.717) is 30.3 Å². The molecule has 29 heavy (non-hydrogen) atoms. The monoisotopic (exact) mass is 406 g/mol. The van der Waals surface area contributed by atoms with Crippen molar-refractivity contribution in [1.29, 1.82) is 0 Å². The van der Waals surface area contributed by atoms with Crippen LogP contribution in [-0.2, 0) is 11.3 Å². The molecule has 6 heteroatoms. The Labute approximate surface area is 171 Å². The molecule has 1 rings (SSSR count). The van der Waals surface area contributed by atoms with Gasteiger partial charge in [0, 0.05) is 54.5 Å². The fraction of sp³-hybridized carbons (Fsp3) is 0.348. The number of hydrogen-bond donors (Lipinski definition) is 1. The highest BCUT2D eigenvalue weighted by Crippen LogP contribution is 2.18. The Morgan fingerprint density at radius 1 is 1.21 bits per heavy atom. The smallest absolute Gasteiger partial charge is 0.144 e. The number of nitrogens with one attached hydrogen (secondary N) is 1. The summed E-state index contributed by atoms with van der Waals surface area (Å²) in [6.07, 6.45) is 5.98. The molecule has 0 heterocycles. The molecule has 1 aromatic carbocycles. The van der Waals surface area contributed by atoms with E-state index in [1.54, 1.807) is 6.92 Å². The summed E-state index contributed by atoms with van der Waals surface area (Å²) in [7, 11) is 0. The van der Waals surface area contributed by atoms with Crippen LogP contribution >= 0.6 is 0 Å². The number of nitrogens with zero attached hydrogens (tertiary/aromatic N) is 1. The van der Waals surface area contributed by atoms with E-state index in [-0.39, 0.29) is 12.1 Å². The molecule has 0 saturated heterocycles. The van der Waals surface area contributed by atoms with Crippen LogP contribution in [0.15, 0.2) is 59.6 Å². The van der Waals surface area contributed by atoms with Crippen molar-refractivity contribution in [3.8, 4) is 0 Å². The van der Waals surface area contributed by atoms with Gasteiger partial charge in [-0.25, -0.2) is 13.2 Å². The third-order valence-electron chi connectivity index (χ3n) is 4.61. The molecule has 1 aromatic rings. The molecule has 0 fully saturated rings. The normalized spacial score (nSPS) is 12.9. The van der Waals surface area contributed by atoms with Crippen LogP contribution in [0.3, 0.4) is 0 Å². The Balaban J connectivity index is 3.00. The third-order valence-corrected chi connectivity index (χ3v) is 4.61. The Bertz CT molecular complexity index is 816. The number of aldehydes is 1. The molecule has 0 bridgehead atoms. The van der Waals surface area contributed by atoms with Crippen LogP contribution in [0.2, 0.25) is 0 Å². The predicted octanol–water partition coefficient (Wildman–Crippen LogP) is 5.62. The maximum Gasteiger partial charge on any atom is 0.144 e. The fourth-order valence-corrected chi connectivity index (χ4v) is 2.43. The van der Waals surface area contributed by atoms with Gasteiger partial charge in [-0.15, -0.1) is 0 Å². The summed E-state index contributed by atoms with van der Waals surface area (Å²) < 4.78 is 40.6. The first kappa shape index (κ1) is 24.3. The van der Waals surface area contributed by atoms with E-state index in [2.05, 4.69) is 25.7 Å². The average Bonchev–Trinajstić information content (AvgIpc) is 2.64. The summed E-state index contributed by atoms with van der Waals surface area (Å²) in [5.74, 6) is -2.53. The Hall–Kier alpha value is -2.76. The van der Waals surface area contributed by atoms with Crippen molar-refractivity contribution in [3.63, 3.8) is 0 Å². The number of carbonyl (C=O) groups is 1. The topological polar surface area (TPSA) is 32.3 Å². The zero-order valence-electron chi connectivity index (χ0n) is 17.7. The van der Waals surface area contributed by atoms with Gasteiger partial charge >= 0.3 is 0 Å². The highest BCUT2D eigenvalue weighted by molar-refractivity contribution is 5.67. The molecule has 0 radical (unpaired) electrons. The van der Waals surface area contributed by atoms with Gasteiger partial charge in [-0.05, 0) is 38.3 Å². The SMILES string of the molecule is C=C(NCc1c(F)cc(F)cc1F)/C(C)=C/N(CC)C(=C\C=O)/C=C(\C)C(C)C. The van der Waals surface area contributed by atoms with Crippen molar-refractivity contribution in [2.24, 2.45) is 5.92 Å². The van der Waals surface area contributed by atoms with Crippen molar-refractivity contribution in [1.82, 2.24) is 10.2 Å². The molecule has 0 saturated carbocycles. The van der Waals surface area contributed by atoms with Crippen LogP contribution in [0, 0.1) is 23.4 Å². The summed E-state index contributed by atoms with van der Waals surface area (Å²) in [6.45, 7) is 14.2. The second-order valence-electron chi connectivity index (χ2n) is 7.05. The summed E-state index contributed by atoms with van der Waals surface area (Å²) in [5.41, 5.74) is 2.78. The van der Waals surface area contributed by atoms with Crippen LogP contribution in [0.4, 0.5) is 13.2 Å². The highest BCUT2D eigenvalue weighted by atomic mass is 19.1.